The van der Waals surface area contributed by atoms with Gasteiger partial charge < -0.3 is 15.4 Å². The summed E-state index contributed by atoms with van der Waals surface area (Å²) in [4.78, 5) is 13.4. The molecule has 16 heavy (non-hydrogen) atoms. The number of hydrogen-bond donors (Lipinski definition) is 1. The second-order valence-electron chi connectivity index (χ2n) is 3.70. The van der Waals surface area contributed by atoms with E-state index in [2.05, 4.69) is 0 Å². The molecule has 86 valence electrons. The Morgan fingerprint density at radius 1 is 1.56 bits per heavy atom. The number of hydrogen-bond acceptors (Lipinski definition) is 3. The summed E-state index contributed by atoms with van der Waals surface area (Å²) in [7, 11) is 1.54. The van der Waals surface area contributed by atoms with E-state index in [1.165, 1.54) is 0 Å². The molecule has 1 atom stereocenters. The van der Waals surface area contributed by atoms with Gasteiger partial charge in [0.25, 0.3) is 0 Å². The Kier molecular flexibility index (Phi) is 3.03. The molecule has 1 aliphatic heterocycles. The predicted octanol–water partition coefficient (Wildman–Crippen LogP) is 1.41. The van der Waals surface area contributed by atoms with Crippen molar-refractivity contribution >= 4 is 23.2 Å². The van der Waals surface area contributed by atoms with E-state index < -0.39 is 0 Å². The maximum atomic E-state index is 11.7. The molecule has 4 nitrogen and oxygen atoms in total. The smallest absolute Gasteiger partial charge is 0.243 e. The van der Waals surface area contributed by atoms with Gasteiger partial charge in [-0.1, -0.05) is 11.6 Å². The van der Waals surface area contributed by atoms with Crippen LogP contribution in [0.15, 0.2) is 18.2 Å². The van der Waals surface area contributed by atoms with Gasteiger partial charge in [0.1, 0.15) is 5.75 Å². The first-order valence-corrected chi connectivity index (χ1v) is 5.42. The van der Waals surface area contributed by atoms with Gasteiger partial charge in [0, 0.05) is 18.3 Å². The molecule has 1 aromatic rings. The highest BCUT2D eigenvalue weighted by molar-refractivity contribution is 6.32. The molecule has 0 aromatic heterocycles. The summed E-state index contributed by atoms with van der Waals surface area (Å²) in [5.41, 5.74) is 6.43. The van der Waals surface area contributed by atoms with Crippen LogP contribution in [-0.4, -0.2) is 25.6 Å². The molecule has 0 radical (unpaired) electrons. The monoisotopic (exact) mass is 240 g/mol. The van der Waals surface area contributed by atoms with Gasteiger partial charge in [-0.25, -0.2) is 0 Å². The fourth-order valence-corrected chi connectivity index (χ4v) is 1.97. The van der Waals surface area contributed by atoms with Crippen molar-refractivity contribution < 1.29 is 9.53 Å². The van der Waals surface area contributed by atoms with Gasteiger partial charge in [0.05, 0.1) is 18.2 Å². The number of nitrogens with zero attached hydrogens (tertiary/aromatic N) is 1. The van der Waals surface area contributed by atoms with Crippen molar-refractivity contribution in [1.82, 2.24) is 0 Å². The maximum Gasteiger partial charge on any atom is 0.243 e. The average Bonchev–Trinajstić information content (AvgIpc) is 2.61. The zero-order chi connectivity index (χ0) is 11.7. The van der Waals surface area contributed by atoms with Crippen LogP contribution in [0, 0.1) is 0 Å². The van der Waals surface area contributed by atoms with E-state index in [0.717, 1.165) is 5.69 Å². The summed E-state index contributed by atoms with van der Waals surface area (Å²) in [5, 5.41) is 0.530. The third-order valence-electron chi connectivity index (χ3n) is 2.69. The lowest BCUT2D eigenvalue weighted by Crippen LogP contribution is -2.33. The highest BCUT2D eigenvalue weighted by Crippen LogP contribution is 2.30. The first-order valence-electron chi connectivity index (χ1n) is 5.04. The number of rotatable bonds is 2. The van der Waals surface area contributed by atoms with Crippen molar-refractivity contribution in [3.05, 3.63) is 23.2 Å². The van der Waals surface area contributed by atoms with Gasteiger partial charge in [-0.2, -0.15) is 0 Å². The van der Waals surface area contributed by atoms with E-state index in [0.29, 0.717) is 23.7 Å². The number of ether oxygens (including phenoxy) is 1. The van der Waals surface area contributed by atoms with Gasteiger partial charge in [0.15, 0.2) is 0 Å². The molecule has 1 aliphatic rings. The standard InChI is InChI=1S/C11H13ClN2O2/c1-16-10-6-7(2-3-8(10)12)14-5-4-9(13)11(14)15/h2-3,6,9H,4-5,13H2,1H3. The molecule has 1 heterocycles. The Morgan fingerprint density at radius 3 is 2.88 bits per heavy atom. The van der Waals surface area contributed by atoms with Crippen LogP contribution in [0.4, 0.5) is 5.69 Å². The van der Waals surface area contributed by atoms with Crippen molar-refractivity contribution in [2.75, 3.05) is 18.6 Å². The molecule has 1 amide bonds. The lowest BCUT2D eigenvalue weighted by molar-refractivity contribution is -0.118. The molecule has 1 fully saturated rings. The molecule has 1 unspecified atom stereocenters. The molecule has 2 N–H and O–H groups in total. The van der Waals surface area contributed by atoms with Crippen LogP contribution in [0.3, 0.4) is 0 Å². The Hall–Kier alpha value is -1.26. The number of halogens is 1. The fraction of sp³-hybridized carbons (Fsp3) is 0.364. The zero-order valence-electron chi connectivity index (χ0n) is 8.94. The summed E-state index contributed by atoms with van der Waals surface area (Å²) in [5.74, 6) is 0.511. The molecule has 2 rings (SSSR count). The summed E-state index contributed by atoms with van der Waals surface area (Å²) >= 11 is 5.91. The van der Waals surface area contributed by atoms with E-state index in [9.17, 15) is 4.79 Å². The van der Waals surface area contributed by atoms with Crippen LogP contribution >= 0.6 is 11.6 Å². The number of methoxy groups -OCH3 is 1. The second-order valence-corrected chi connectivity index (χ2v) is 4.11. The summed E-state index contributed by atoms with van der Waals surface area (Å²) in [6.07, 6.45) is 0.684. The maximum absolute atomic E-state index is 11.7. The molecular weight excluding hydrogens is 228 g/mol. The Labute approximate surface area is 98.9 Å². The number of benzene rings is 1. The van der Waals surface area contributed by atoms with Crippen molar-refractivity contribution in [3.8, 4) is 5.75 Å². The number of amides is 1. The Bertz CT molecular complexity index is 422. The van der Waals surface area contributed by atoms with Crippen LogP contribution in [0.25, 0.3) is 0 Å². The molecule has 0 aliphatic carbocycles. The number of carbonyl (C=O) groups is 1. The molecule has 5 heteroatoms. The van der Waals surface area contributed by atoms with E-state index in [-0.39, 0.29) is 11.9 Å². The SMILES string of the molecule is COc1cc(N2CCC(N)C2=O)ccc1Cl. The number of carbonyl (C=O) groups excluding carboxylic acids is 1. The number of anilines is 1. The fourth-order valence-electron chi connectivity index (χ4n) is 1.77. The summed E-state index contributed by atoms with van der Waals surface area (Å²) in [6, 6.07) is 4.87. The first-order chi connectivity index (χ1) is 7.63. The van der Waals surface area contributed by atoms with Crippen LogP contribution in [0.1, 0.15) is 6.42 Å². The van der Waals surface area contributed by atoms with Crippen LogP contribution in [-0.2, 0) is 4.79 Å². The Balaban J connectivity index is 2.31. The second kappa shape index (κ2) is 4.31. The Morgan fingerprint density at radius 2 is 2.31 bits per heavy atom. The van der Waals surface area contributed by atoms with Gasteiger partial charge >= 0.3 is 0 Å². The van der Waals surface area contributed by atoms with Crippen molar-refractivity contribution in [1.29, 1.82) is 0 Å². The zero-order valence-corrected chi connectivity index (χ0v) is 9.70. The lowest BCUT2D eigenvalue weighted by atomic mass is 10.2. The van der Waals surface area contributed by atoms with Gasteiger partial charge in [-0.05, 0) is 18.6 Å². The van der Waals surface area contributed by atoms with Crippen molar-refractivity contribution in [2.24, 2.45) is 5.73 Å². The van der Waals surface area contributed by atoms with Gasteiger partial charge in [0.2, 0.25) is 5.91 Å². The molecule has 1 aromatic carbocycles. The molecular formula is C11H13ClN2O2. The topological polar surface area (TPSA) is 55.6 Å². The highest BCUT2D eigenvalue weighted by atomic mass is 35.5. The first kappa shape index (κ1) is 11.2. The summed E-state index contributed by atoms with van der Waals surface area (Å²) < 4.78 is 5.11. The van der Waals surface area contributed by atoms with Crippen LogP contribution in [0.2, 0.25) is 5.02 Å². The minimum Gasteiger partial charge on any atom is -0.495 e. The van der Waals surface area contributed by atoms with Gasteiger partial charge in [-0.3, -0.25) is 4.79 Å². The number of nitrogens with two attached hydrogens (primary N) is 1. The third kappa shape index (κ3) is 1.86. The highest BCUT2D eigenvalue weighted by Gasteiger charge is 2.29. The van der Waals surface area contributed by atoms with Crippen LogP contribution in [0.5, 0.6) is 5.75 Å². The van der Waals surface area contributed by atoms with E-state index >= 15 is 0 Å². The largest absolute Gasteiger partial charge is 0.495 e. The quantitative estimate of drug-likeness (QED) is 0.851. The minimum atomic E-state index is -0.387. The predicted molar refractivity (Wildman–Crippen MR) is 62.9 cm³/mol. The summed E-state index contributed by atoms with van der Waals surface area (Å²) in [6.45, 7) is 0.644. The lowest BCUT2D eigenvalue weighted by Gasteiger charge is -2.17. The van der Waals surface area contributed by atoms with E-state index in [1.54, 1.807) is 30.2 Å². The molecule has 1 saturated heterocycles. The normalized spacial score (nSPS) is 20.3. The van der Waals surface area contributed by atoms with E-state index in [1.807, 2.05) is 0 Å². The third-order valence-corrected chi connectivity index (χ3v) is 3.01. The van der Waals surface area contributed by atoms with Crippen molar-refractivity contribution in [3.63, 3.8) is 0 Å². The van der Waals surface area contributed by atoms with E-state index in [4.69, 9.17) is 22.1 Å². The minimum absolute atomic E-state index is 0.0515. The van der Waals surface area contributed by atoms with Crippen LogP contribution < -0.4 is 15.4 Å². The molecule has 0 spiro atoms. The average molecular weight is 241 g/mol. The molecule has 0 saturated carbocycles. The van der Waals surface area contributed by atoms with Crippen molar-refractivity contribution in [2.45, 2.75) is 12.5 Å². The molecule has 0 bridgehead atoms. The van der Waals surface area contributed by atoms with Gasteiger partial charge in [-0.15, -0.1) is 0 Å².